The quantitative estimate of drug-likeness (QED) is 0.796. The predicted octanol–water partition coefficient (Wildman–Crippen LogP) is 3.46. The third-order valence-corrected chi connectivity index (χ3v) is 4.33. The molecular formula is C12H19N2OSSi. The van der Waals surface area contributed by atoms with Crippen molar-refractivity contribution >= 4 is 25.2 Å². The lowest BCUT2D eigenvalue weighted by atomic mass is 9.91. The molecule has 0 aliphatic carbocycles. The van der Waals surface area contributed by atoms with Gasteiger partial charge < -0.3 is 4.43 Å². The highest BCUT2D eigenvalue weighted by atomic mass is 32.1. The Balaban J connectivity index is 2.43. The summed E-state index contributed by atoms with van der Waals surface area (Å²) >= 11 is 1.79. The molecule has 3 nitrogen and oxygen atoms in total. The Morgan fingerprint density at radius 1 is 1.41 bits per heavy atom. The van der Waals surface area contributed by atoms with E-state index in [4.69, 9.17) is 4.43 Å². The van der Waals surface area contributed by atoms with Crippen LogP contribution >= 0.6 is 11.3 Å². The van der Waals surface area contributed by atoms with Gasteiger partial charge in [0.2, 0.25) is 9.04 Å². The van der Waals surface area contributed by atoms with Crippen molar-refractivity contribution in [2.75, 3.05) is 0 Å². The number of thiazole rings is 1. The molecule has 1 radical (unpaired) electrons. The molecule has 0 aliphatic heterocycles. The predicted molar refractivity (Wildman–Crippen MR) is 74.0 cm³/mol. The van der Waals surface area contributed by atoms with E-state index in [-0.39, 0.29) is 5.41 Å². The van der Waals surface area contributed by atoms with Gasteiger partial charge in [0.05, 0.1) is 17.7 Å². The Hall–Kier alpha value is -0.653. The summed E-state index contributed by atoms with van der Waals surface area (Å²) in [4.78, 5) is 6.75. The van der Waals surface area contributed by atoms with Gasteiger partial charge in [-0.15, -0.1) is 11.3 Å². The van der Waals surface area contributed by atoms with Gasteiger partial charge in [-0.25, -0.2) is 4.98 Å². The number of aromatic nitrogens is 2. The van der Waals surface area contributed by atoms with Gasteiger partial charge in [-0.2, -0.15) is 0 Å². The van der Waals surface area contributed by atoms with Crippen molar-refractivity contribution < 1.29 is 4.43 Å². The fourth-order valence-corrected chi connectivity index (χ4v) is 3.68. The first-order chi connectivity index (χ1) is 7.89. The summed E-state index contributed by atoms with van der Waals surface area (Å²) < 4.78 is 8.04. The molecule has 0 amide bonds. The molecule has 93 valence electrons. The Bertz CT molecular complexity index is 510. The standard InChI is InChI=1S/C12H19N2OSSi/c1-12(2,3)11-9(7-15-17(4)5)16-10-6-13-8-14(10)11/h6,8H,7H2,1-5H3. The van der Waals surface area contributed by atoms with Crippen LogP contribution in [-0.4, -0.2) is 18.4 Å². The van der Waals surface area contributed by atoms with E-state index in [0.717, 1.165) is 6.61 Å². The average Bonchev–Trinajstić information content (AvgIpc) is 2.70. The smallest absolute Gasteiger partial charge is 0.205 e. The van der Waals surface area contributed by atoms with Crippen LogP contribution in [0.25, 0.3) is 4.83 Å². The van der Waals surface area contributed by atoms with E-state index in [1.165, 1.54) is 15.4 Å². The zero-order chi connectivity index (χ0) is 12.6. The normalized spacial score (nSPS) is 12.8. The lowest BCUT2D eigenvalue weighted by Gasteiger charge is -2.20. The molecule has 0 aromatic carbocycles. The molecule has 17 heavy (non-hydrogen) atoms. The summed E-state index contributed by atoms with van der Waals surface area (Å²) in [6.07, 6.45) is 3.83. The second-order valence-corrected chi connectivity index (χ2v) is 8.64. The molecule has 2 heterocycles. The van der Waals surface area contributed by atoms with E-state index in [9.17, 15) is 0 Å². The molecule has 0 saturated heterocycles. The molecule has 2 aromatic rings. The van der Waals surface area contributed by atoms with E-state index in [1.54, 1.807) is 11.3 Å². The summed E-state index contributed by atoms with van der Waals surface area (Å²) in [5, 5.41) is 0. The maximum atomic E-state index is 5.84. The zero-order valence-corrected chi connectivity index (χ0v) is 12.9. The maximum absolute atomic E-state index is 5.84. The van der Waals surface area contributed by atoms with Crippen LogP contribution in [0.4, 0.5) is 0 Å². The molecule has 0 saturated carbocycles. The van der Waals surface area contributed by atoms with Crippen molar-refractivity contribution in [2.45, 2.75) is 45.9 Å². The summed E-state index contributed by atoms with van der Waals surface area (Å²) in [6.45, 7) is 11.8. The number of imidazole rings is 1. The molecule has 2 rings (SSSR count). The Morgan fingerprint density at radius 3 is 2.71 bits per heavy atom. The van der Waals surface area contributed by atoms with Crippen molar-refractivity contribution in [1.29, 1.82) is 0 Å². The van der Waals surface area contributed by atoms with Crippen LogP contribution in [0, 0.1) is 0 Å². The topological polar surface area (TPSA) is 26.5 Å². The van der Waals surface area contributed by atoms with Crippen LogP contribution in [-0.2, 0) is 16.4 Å². The summed E-state index contributed by atoms with van der Waals surface area (Å²) in [5.74, 6) is 0. The van der Waals surface area contributed by atoms with E-state index < -0.39 is 9.04 Å². The third kappa shape index (κ3) is 2.61. The van der Waals surface area contributed by atoms with Crippen molar-refractivity contribution in [3.05, 3.63) is 23.1 Å². The largest absolute Gasteiger partial charge is 0.412 e. The highest BCUT2D eigenvalue weighted by Gasteiger charge is 2.24. The van der Waals surface area contributed by atoms with Crippen LogP contribution in [0.15, 0.2) is 12.5 Å². The van der Waals surface area contributed by atoms with E-state index >= 15 is 0 Å². The summed E-state index contributed by atoms with van der Waals surface area (Å²) in [6, 6.07) is 0. The molecule has 0 N–H and O–H groups in total. The third-order valence-electron chi connectivity index (χ3n) is 2.54. The minimum absolute atomic E-state index is 0.117. The van der Waals surface area contributed by atoms with E-state index in [0.29, 0.717) is 0 Å². The number of rotatable bonds is 3. The van der Waals surface area contributed by atoms with Gasteiger partial charge >= 0.3 is 0 Å². The number of fused-ring (bicyclic) bond motifs is 1. The van der Waals surface area contributed by atoms with Gasteiger partial charge in [0.15, 0.2) is 0 Å². The van der Waals surface area contributed by atoms with Crippen LogP contribution < -0.4 is 0 Å². The van der Waals surface area contributed by atoms with Gasteiger partial charge in [-0.05, 0) is 13.1 Å². The number of hydrogen-bond donors (Lipinski definition) is 0. The van der Waals surface area contributed by atoms with E-state index in [1.807, 2.05) is 12.5 Å². The maximum Gasteiger partial charge on any atom is 0.205 e. The van der Waals surface area contributed by atoms with Crippen LogP contribution in [0.5, 0.6) is 0 Å². The summed E-state index contributed by atoms with van der Waals surface area (Å²) in [7, 11) is -0.632. The van der Waals surface area contributed by atoms with Crippen molar-refractivity contribution in [3.63, 3.8) is 0 Å². The first kappa shape index (κ1) is 12.8. The van der Waals surface area contributed by atoms with Crippen molar-refractivity contribution in [1.82, 2.24) is 9.38 Å². The first-order valence-electron chi connectivity index (χ1n) is 5.77. The van der Waals surface area contributed by atoms with Crippen molar-refractivity contribution in [2.24, 2.45) is 0 Å². The summed E-state index contributed by atoms with van der Waals surface area (Å²) in [5.41, 5.74) is 1.45. The van der Waals surface area contributed by atoms with Crippen molar-refractivity contribution in [3.8, 4) is 0 Å². The highest BCUT2D eigenvalue weighted by molar-refractivity contribution is 7.17. The monoisotopic (exact) mass is 267 g/mol. The molecule has 0 atom stereocenters. The van der Waals surface area contributed by atoms with Gasteiger partial charge in [0.1, 0.15) is 11.2 Å². The van der Waals surface area contributed by atoms with E-state index in [2.05, 4.69) is 43.2 Å². The van der Waals surface area contributed by atoms with Gasteiger partial charge in [-0.1, -0.05) is 20.8 Å². The van der Waals surface area contributed by atoms with Crippen LogP contribution in [0.2, 0.25) is 13.1 Å². The minimum Gasteiger partial charge on any atom is -0.412 e. The Labute approximate surface area is 108 Å². The molecule has 0 fully saturated rings. The molecule has 5 heteroatoms. The van der Waals surface area contributed by atoms with Gasteiger partial charge in [-0.3, -0.25) is 4.40 Å². The average molecular weight is 267 g/mol. The number of nitrogens with zero attached hydrogens (tertiary/aromatic N) is 2. The van der Waals surface area contributed by atoms with Crippen LogP contribution in [0.3, 0.4) is 0 Å². The molecule has 0 spiro atoms. The first-order valence-corrected chi connectivity index (χ1v) is 8.99. The second kappa shape index (κ2) is 4.55. The van der Waals surface area contributed by atoms with Gasteiger partial charge in [0, 0.05) is 11.1 Å². The Morgan fingerprint density at radius 2 is 2.12 bits per heavy atom. The second-order valence-electron chi connectivity index (χ2n) is 5.42. The molecule has 0 aliphatic rings. The number of hydrogen-bond acceptors (Lipinski definition) is 3. The molecule has 0 bridgehead atoms. The van der Waals surface area contributed by atoms with Gasteiger partial charge in [0.25, 0.3) is 0 Å². The van der Waals surface area contributed by atoms with Crippen LogP contribution in [0.1, 0.15) is 31.3 Å². The fraction of sp³-hybridized carbons (Fsp3) is 0.583. The molecule has 2 aromatic heterocycles. The zero-order valence-electron chi connectivity index (χ0n) is 11.1. The SMILES string of the molecule is C[Si](C)OCc1sc2cncn2c1C(C)(C)C. The lowest BCUT2D eigenvalue weighted by molar-refractivity contribution is 0.314. The molecule has 0 unspecified atom stereocenters. The minimum atomic E-state index is -0.632. The Kier molecular flexibility index (Phi) is 3.42. The highest BCUT2D eigenvalue weighted by Crippen LogP contribution is 2.33. The lowest BCUT2D eigenvalue weighted by Crippen LogP contribution is -2.17. The fourth-order valence-electron chi connectivity index (χ4n) is 1.92. The molecular weight excluding hydrogens is 248 g/mol.